The zero-order chi connectivity index (χ0) is 9.97. The summed E-state index contributed by atoms with van der Waals surface area (Å²) in [7, 11) is 0. The maximum atomic E-state index is 9.65. The molecule has 14 heavy (non-hydrogen) atoms. The van der Waals surface area contributed by atoms with Crippen LogP contribution >= 0.6 is 0 Å². The van der Waals surface area contributed by atoms with E-state index in [0.29, 0.717) is 18.9 Å². The quantitative estimate of drug-likeness (QED) is 0.756. The molecule has 76 valence electrons. The van der Waals surface area contributed by atoms with Crippen LogP contribution in [0.5, 0.6) is 0 Å². The van der Waals surface area contributed by atoms with Crippen molar-refractivity contribution >= 4 is 0 Å². The van der Waals surface area contributed by atoms with Gasteiger partial charge in [0.2, 0.25) is 0 Å². The number of aliphatic hydroxyl groups excluding tert-OH is 1. The van der Waals surface area contributed by atoms with Crippen LogP contribution in [0.25, 0.3) is 0 Å². The highest BCUT2D eigenvalue weighted by Gasteiger charge is 2.24. The minimum Gasteiger partial charge on any atom is -0.388 e. The average Bonchev–Trinajstić information content (AvgIpc) is 3.02. The summed E-state index contributed by atoms with van der Waals surface area (Å²) in [6.07, 6.45) is 4.44. The zero-order valence-electron chi connectivity index (χ0n) is 8.19. The van der Waals surface area contributed by atoms with Crippen molar-refractivity contribution in [1.82, 2.24) is 4.98 Å². The van der Waals surface area contributed by atoms with E-state index in [1.807, 2.05) is 12.1 Å². The summed E-state index contributed by atoms with van der Waals surface area (Å²) < 4.78 is 0. The molecule has 0 radical (unpaired) electrons. The Morgan fingerprint density at radius 1 is 1.50 bits per heavy atom. The van der Waals surface area contributed by atoms with E-state index < -0.39 is 6.10 Å². The maximum absolute atomic E-state index is 9.65. The lowest BCUT2D eigenvalue weighted by molar-refractivity contribution is 0.170. The third-order valence-electron chi connectivity index (χ3n) is 2.63. The maximum Gasteiger partial charge on any atom is 0.0816 e. The molecule has 1 aromatic rings. The number of hydrogen-bond donors (Lipinski definition) is 2. The van der Waals surface area contributed by atoms with E-state index in [0.717, 1.165) is 11.3 Å². The average molecular weight is 192 g/mol. The lowest BCUT2D eigenvalue weighted by Gasteiger charge is -2.09. The molecule has 0 saturated heterocycles. The summed E-state index contributed by atoms with van der Waals surface area (Å²) in [6.45, 7) is 0.505. The number of aliphatic hydroxyl groups is 1. The Hall–Kier alpha value is -0.930. The van der Waals surface area contributed by atoms with Gasteiger partial charge in [-0.3, -0.25) is 4.98 Å². The van der Waals surface area contributed by atoms with E-state index in [9.17, 15) is 5.11 Å². The number of rotatable bonds is 4. The lowest BCUT2D eigenvalue weighted by Crippen LogP contribution is -2.07. The largest absolute Gasteiger partial charge is 0.388 e. The molecule has 2 rings (SSSR count). The van der Waals surface area contributed by atoms with Gasteiger partial charge in [0, 0.05) is 17.8 Å². The number of aromatic nitrogens is 1. The van der Waals surface area contributed by atoms with Gasteiger partial charge in [-0.2, -0.15) is 0 Å². The number of nitrogens with two attached hydrogens (primary N) is 1. The fourth-order valence-electron chi connectivity index (χ4n) is 1.56. The summed E-state index contributed by atoms with van der Waals surface area (Å²) in [5.74, 6) is 0.677. The first kappa shape index (κ1) is 9.62. The van der Waals surface area contributed by atoms with E-state index in [-0.39, 0.29) is 0 Å². The zero-order valence-corrected chi connectivity index (χ0v) is 8.19. The SMILES string of the molecule is NCCC(O)c1ccc(C2CC2)nc1. The molecule has 1 fully saturated rings. The molecule has 0 amide bonds. The molecule has 1 atom stereocenters. The summed E-state index contributed by atoms with van der Waals surface area (Å²) in [5.41, 5.74) is 7.41. The Labute approximate surface area is 84.0 Å². The summed E-state index contributed by atoms with van der Waals surface area (Å²) in [4.78, 5) is 4.34. The Balaban J connectivity index is 2.04. The molecule has 1 aliphatic rings. The fourth-order valence-corrected chi connectivity index (χ4v) is 1.56. The topological polar surface area (TPSA) is 59.1 Å². The fraction of sp³-hybridized carbons (Fsp3) is 0.545. The van der Waals surface area contributed by atoms with Gasteiger partial charge in [0.1, 0.15) is 0 Å². The smallest absolute Gasteiger partial charge is 0.0816 e. The van der Waals surface area contributed by atoms with Gasteiger partial charge >= 0.3 is 0 Å². The highest BCUT2D eigenvalue weighted by Crippen LogP contribution is 2.38. The first-order valence-electron chi connectivity index (χ1n) is 5.15. The van der Waals surface area contributed by atoms with Crippen LogP contribution in [0.2, 0.25) is 0 Å². The van der Waals surface area contributed by atoms with Crippen molar-refractivity contribution in [1.29, 1.82) is 0 Å². The van der Waals surface area contributed by atoms with Crippen molar-refractivity contribution in [3.05, 3.63) is 29.6 Å². The van der Waals surface area contributed by atoms with Gasteiger partial charge in [0.05, 0.1) is 6.10 Å². The molecule has 0 aliphatic heterocycles. The molecule has 0 bridgehead atoms. The second-order valence-corrected chi connectivity index (χ2v) is 3.88. The number of nitrogens with zero attached hydrogens (tertiary/aromatic N) is 1. The molecular formula is C11H16N2O. The minimum atomic E-state index is -0.458. The molecule has 1 aromatic heterocycles. The summed E-state index contributed by atoms with van der Waals surface area (Å²) in [5, 5.41) is 9.65. The van der Waals surface area contributed by atoms with Crippen LogP contribution in [0.4, 0.5) is 0 Å². The predicted molar refractivity (Wildman–Crippen MR) is 54.8 cm³/mol. The van der Waals surface area contributed by atoms with E-state index >= 15 is 0 Å². The summed E-state index contributed by atoms with van der Waals surface area (Å²) in [6, 6.07) is 3.98. The molecule has 3 nitrogen and oxygen atoms in total. The van der Waals surface area contributed by atoms with Gasteiger partial charge in [-0.25, -0.2) is 0 Å². The van der Waals surface area contributed by atoms with Crippen LogP contribution in [0.1, 0.15) is 42.5 Å². The number of hydrogen-bond acceptors (Lipinski definition) is 3. The van der Waals surface area contributed by atoms with Crippen molar-refractivity contribution in [3.63, 3.8) is 0 Å². The second-order valence-electron chi connectivity index (χ2n) is 3.88. The molecular weight excluding hydrogens is 176 g/mol. The van der Waals surface area contributed by atoms with E-state index in [1.165, 1.54) is 12.8 Å². The Kier molecular flexibility index (Phi) is 2.79. The molecule has 1 aliphatic carbocycles. The molecule has 1 unspecified atom stereocenters. The highest BCUT2D eigenvalue weighted by atomic mass is 16.3. The normalized spacial score (nSPS) is 18.1. The van der Waals surface area contributed by atoms with Gasteiger partial charge in [0.25, 0.3) is 0 Å². The van der Waals surface area contributed by atoms with Crippen LogP contribution in [0.15, 0.2) is 18.3 Å². The van der Waals surface area contributed by atoms with Crippen molar-refractivity contribution in [3.8, 4) is 0 Å². The number of pyridine rings is 1. The van der Waals surface area contributed by atoms with E-state index in [4.69, 9.17) is 5.73 Å². The van der Waals surface area contributed by atoms with Gasteiger partial charge in [-0.05, 0) is 37.4 Å². The third-order valence-corrected chi connectivity index (χ3v) is 2.63. The van der Waals surface area contributed by atoms with Crippen molar-refractivity contribution in [2.45, 2.75) is 31.3 Å². The van der Waals surface area contributed by atoms with E-state index in [2.05, 4.69) is 4.98 Å². The van der Waals surface area contributed by atoms with Crippen LogP contribution in [0, 0.1) is 0 Å². The van der Waals surface area contributed by atoms with Crippen LogP contribution in [0.3, 0.4) is 0 Å². The first-order chi connectivity index (χ1) is 6.81. The molecule has 1 saturated carbocycles. The van der Waals surface area contributed by atoms with Gasteiger partial charge in [-0.15, -0.1) is 0 Å². The van der Waals surface area contributed by atoms with Gasteiger partial charge in [-0.1, -0.05) is 6.07 Å². The Morgan fingerprint density at radius 2 is 2.29 bits per heavy atom. The lowest BCUT2D eigenvalue weighted by atomic mass is 10.1. The van der Waals surface area contributed by atoms with Gasteiger partial charge < -0.3 is 10.8 Å². The van der Waals surface area contributed by atoms with Crippen LogP contribution < -0.4 is 5.73 Å². The molecule has 0 spiro atoms. The van der Waals surface area contributed by atoms with Gasteiger partial charge in [0.15, 0.2) is 0 Å². The van der Waals surface area contributed by atoms with Crippen molar-refractivity contribution in [2.24, 2.45) is 5.73 Å². The molecule has 0 aromatic carbocycles. The Bertz CT molecular complexity index is 293. The Morgan fingerprint density at radius 3 is 2.79 bits per heavy atom. The highest BCUT2D eigenvalue weighted by molar-refractivity contribution is 5.21. The predicted octanol–water partition coefficient (Wildman–Crippen LogP) is 1.34. The summed E-state index contributed by atoms with van der Waals surface area (Å²) >= 11 is 0. The van der Waals surface area contributed by atoms with Crippen LogP contribution in [-0.4, -0.2) is 16.6 Å². The monoisotopic (exact) mass is 192 g/mol. The van der Waals surface area contributed by atoms with E-state index in [1.54, 1.807) is 6.20 Å². The minimum absolute atomic E-state index is 0.458. The molecule has 1 heterocycles. The standard InChI is InChI=1S/C11H16N2O/c12-6-5-11(14)9-3-4-10(13-7-9)8-1-2-8/h3-4,7-8,11,14H,1-2,5-6,12H2. The van der Waals surface area contributed by atoms with Crippen molar-refractivity contribution in [2.75, 3.05) is 6.54 Å². The molecule has 3 heteroatoms. The molecule has 3 N–H and O–H groups in total. The van der Waals surface area contributed by atoms with Crippen molar-refractivity contribution < 1.29 is 5.11 Å². The first-order valence-corrected chi connectivity index (χ1v) is 5.15. The van der Waals surface area contributed by atoms with Crippen LogP contribution in [-0.2, 0) is 0 Å². The second kappa shape index (κ2) is 4.07. The third kappa shape index (κ3) is 2.11.